The maximum absolute atomic E-state index is 12.2. The summed E-state index contributed by atoms with van der Waals surface area (Å²) in [6, 6.07) is 2.63. The molecule has 7 nitrogen and oxygen atoms in total. The molecular formula is C14H17N3O4. The van der Waals surface area contributed by atoms with E-state index in [1.165, 1.54) is 18.3 Å². The third-order valence-corrected chi connectivity index (χ3v) is 4.34. The first-order valence-electron chi connectivity index (χ1n) is 6.98. The van der Waals surface area contributed by atoms with Crippen molar-refractivity contribution in [1.29, 1.82) is 0 Å². The number of carboxylic acid groups (broad SMARTS) is 1. The Bertz CT molecular complexity index is 560. The number of hydrogen-bond acceptors (Lipinski definition) is 4. The lowest BCUT2D eigenvalue weighted by Crippen LogP contribution is -2.34. The summed E-state index contributed by atoms with van der Waals surface area (Å²) >= 11 is 0. The molecule has 2 heterocycles. The second-order valence-electron chi connectivity index (χ2n) is 5.64. The van der Waals surface area contributed by atoms with Crippen molar-refractivity contribution in [2.45, 2.75) is 18.9 Å². The summed E-state index contributed by atoms with van der Waals surface area (Å²) in [5.74, 6) is -0.532. The number of nitrogens with one attached hydrogen (secondary N) is 1. The molecular weight excluding hydrogens is 274 g/mol. The summed E-state index contributed by atoms with van der Waals surface area (Å²) in [7, 11) is 0. The Kier molecular flexibility index (Phi) is 3.50. The molecule has 3 unspecified atom stereocenters. The minimum atomic E-state index is -1.10. The molecule has 1 saturated carbocycles. The molecule has 1 aliphatic carbocycles. The van der Waals surface area contributed by atoms with Gasteiger partial charge in [-0.3, -0.25) is 0 Å². The van der Waals surface area contributed by atoms with Crippen LogP contribution >= 0.6 is 0 Å². The molecule has 7 heteroatoms. The average molecular weight is 291 g/mol. The third kappa shape index (κ3) is 2.69. The first kappa shape index (κ1) is 13.8. The Balaban J connectivity index is 1.61. The molecule has 0 spiro atoms. The molecule has 0 radical (unpaired) electrons. The molecule has 21 heavy (non-hydrogen) atoms. The van der Waals surface area contributed by atoms with E-state index in [1.807, 2.05) is 0 Å². The average Bonchev–Trinajstić information content (AvgIpc) is 3.02. The van der Waals surface area contributed by atoms with Crippen LogP contribution < -0.4 is 5.32 Å². The Morgan fingerprint density at radius 2 is 2.10 bits per heavy atom. The number of nitrogens with zero attached hydrogens (tertiary/aromatic N) is 2. The van der Waals surface area contributed by atoms with Gasteiger partial charge in [0.15, 0.2) is 0 Å². The number of carbonyl (C=O) groups excluding carboxylic acids is 1. The maximum atomic E-state index is 12.2. The van der Waals surface area contributed by atoms with Crippen molar-refractivity contribution in [3.05, 3.63) is 24.0 Å². The summed E-state index contributed by atoms with van der Waals surface area (Å²) < 4.78 is 0. The van der Waals surface area contributed by atoms with Crippen molar-refractivity contribution >= 4 is 17.7 Å². The maximum Gasteiger partial charge on any atom is 0.354 e. The number of hydrogen-bond donors (Lipinski definition) is 3. The number of aromatic nitrogens is 1. The standard InChI is InChI=1S/C14H17N3O4/c18-12-4-1-8-6-17(7-10(8)12)14(21)16-9-2-3-11(13(19)20)15-5-9/h2-3,5,8,10,12,18H,1,4,6-7H2,(H,16,21)(H,19,20). The lowest BCUT2D eigenvalue weighted by atomic mass is 10.00. The van der Waals surface area contributed by atoms with Crippen LogP contribution in [0.2, 0.25) is 0 Å². The van der Waals surface area contributed by atoms with E-state index < -0.39 is 5.97 Å². The van der Waals surface area contributed by atoms with Gasteiger partial charge in [0.1, 0.15) is 5.69 Å². The number of pyridine rings is 1. The topological polar surface area (TPSA) is 103 Å². The van der Waals surface area contributed by atoms with Gasteiger partial charge in [0.2, 0.25) is 0 Å². The van der Waals surface area contributed by atoms with E-state index in [-0.39, 0.29) is 23.7 Å². The van der Waals surface area contributed by atoms with Crippen LogP contribution in [0.1, 0.15) is 23.3 Å². The van der Waals surface area contributed by atoms with Crippen molar-refractivity contribution in [3.63, 3.8) is 0 Å². The quantitative estimate of drug-likeness (QED) is 0.754. The smallest absolute Gasteiger partial charge is 0.354 e. The van der Waals surface area contributed by atoms with Crippen molar-refractivity contribution < 1.29 is 19.8 Å². The highest BCUT2D eigenvalue weighted by molar-refractivity contribution is 5.90. The van der Waals surface area contributed by atoms with E-state index in [4.69, 9.17) is 5.11 Å². The zero-order chi connectivity index (χ0) is 15.0. The fourth-order valence-corrected chi connectivity index (χ4v) is 3.20. The normalized spacial score (nSPS) is 27.5. The highest BCUT2D eigenvalue weighted by atomic mass is 16.4. The zero-order valence-corrected chi connectivity index (χ0v) is 11.4. The van der Waals surface area contributed by atoms with Crippen LogP contribution in [0.4, 0.5) is 10.5 Å². The summed E-state index contributed by atoms with van der Waals surface area (Å²) in [6.45, 7) is 1.23. The number of aliphatic hydroxyl groups is 1. The predicted molar refractivity (Wildman–Crippen MR) is 74.0 cm³/mol. The van der Waals surface area contributed by atoms with Gasteiger partial charge in [-0.25, -0.2) is 14.6 Å². The van der Waals surface area contributed by atoms with Crippen LogP contribution in [0.3, 0.4) is 0 Å². The van der Waals surface area contributed by atoms with E-state index in [0.29, 0.717) is 24.7 Å². The SMILES string of the molecule is O=C(O)c1ccc(NC(=O)N2CC3CCC(O)C3C2)cn1. The molecule has 1 aliphatic heterocycles. The second kappa shape index (κ2) is 5.33. The summed E-state index contributed by atoms with van der Waals surface area (Å²) in [4.78, 5) is 28.3. The van der Waals surface area contributed by atoms with E-state index in [0.717, 1.165) is 12.8 Å². The third-order valence-electron chi connectivity index (χ3n) is 4.34. The molecule has 1 saturated heterocycles. The van der Waals surface area contributed by atoms with E-state index in [1.54, 1.807) is 4.90 Å². The van der Waals surface area contributed by atoms with Crippen molar-refractivity contribution in [3.8, 4) is 0 Å². The Morgan fingerprint density at radius 3 is 2.71 bits per heavy atom. The number of urea groups is 1. The van der Waals surface area contributed by atoms with Gasteiger partial charge < -0.3 is 20.4 Å². The molecule has 3 rings (SSSR count). The van der Waals surface area contributed by atoms with E-state index in [2.05, 4.69) is 10.3 Å². The summed E-state index contributed by atoms with van der Waals surface area (Å²) in [6.07, 6.45) is 2.81. The highest BCUT2D eigenvalue weighted by Gasteiger charge is 2.43. The van der Waals surface area contributed by atoms with E-state index in [9.17, 15) is 14.7 Å². The first-order chi connectivity index (χ1) is 10.0. The van der Waals surface area contributed by atoms with Crippen molar-refractivity contribution in [2.75, 3.05) is 18.4 Å². The van der Waals surface area contributed by atoms with Gasteiger partial charge in [0, 0.05) is 19.0 Å². The van der Waals surface area contributed by atoms with E-state index >= 15 is 0 Å². The van der Waals surface area contributed by atoms with Gasteiger partial charge in [-0.1, -0.05) is 0 Å². The van der Waals surface area contributed by atoms with Crippen LogP contribution in [0, 0.1) is 11.8 Å². The minimum absolute atomic E-state index is 0.0631. The fourth-order valence-electron chi connectivity index (χ4n) is 3.20. The number of rotatable bonds is 2. The van der Waals surface area contributed by atoms with Gasteiger partial charge in [-0.2, -0.15) is 0 Å². The van der Waals surface area contributed by atoms with Crippen LogP contribution in [0.25, 0.3) is 0 Å². The molecule has 3 N–H and O–H groups in total. The number of aliphatic hydroxyl groups excluding tert-OH is 1. The number of aromatic carboxylic acids is 1. The van der Waals surface area contributed by atoms with Gasteiger partial charge in [0.25, 0.3) is 0 Å². The minimum Gasteiger partial charge on any atom is -0.477 e. The lowest BCUT2D eigenvalue weighted by molar-refractivity contribution is 0.0690. The molecule has 2 aliphatic rings. The van der Waals surface area contributed by atoms with Gasteiger partial charge in [-0.05, 0) is 30.9 Å². The molecule has 1 aromatic heterocycles. The largest absolute Gasteiger partial charge is 0.477 e. The Labute approximate surface area is 121 Å². The number of fused-ring (bicyclic) bond motifs is 1. The molecule has 0 bridgehead atoms. The molecule has 2 fully saturated rings. The van der Waals surface area contributed by atoms with Crippen LogP contribution in [0.15, 0.2) is 18.3 Å². The Morgan fingerprint density at radius 1 is 1.29 bits per heavy atom. The van der Waals surface area contributed by atoms with Gasteiger partial charge in [0.05, 0.1) is 18.0 Å². The second-order valence-corrected chi connectivity index (χ2v) is 5.64. The predicted octanol–water partition coefficient (Wildman–Crippen LogP) is 1.01. The molecule has 1 aromatic rings. The monoisotopic (exact) mass is 291 g/mol. The zero-order valence-electron chi connectivity index (χ0n) is 11.4. The van der Waals surface area contributed by atoms with Crippen LogP contribution in [0.5, 0.6) is 0 Å². The first-order valence-corrected chi connectivity index (χ1v) is 6.98. The highest BCUT2D eigenvalue weighted by Crippen LogP contribution is 2.38. The number of carbonyl (C=O) groups is 2. The Hall–Kier alpha value is -2.15. The molecule has 3 atom stereocenters. The number of anilines is 1. The van der Waals surface area contributed by atoms with Crippen LogP contribution in [-0.2, 0) is 0 Å². The molecule has 2 amide bonds. The molecule has 112 valence electrons. The fraction of sp³-hybridized carbons (Fsp3) is 0.500. The molecule has 0 aromatic carbocycles. The summed E-state index contributed by atoms with van der Waals surface area (Å²) in [5.41, 5.74) is 0.398. The lowest BCUT2D eigenvalue weighted by Gasteiger charge is -2.19. The van der Waals surface area contributed by atoms with Crippen LogP contribution in [-0.4, -0.2) is 51.3 Å². The van der Waals surface area contributed by atoms with Crippen molar-refractivity contribution in [1.82, 2.24) is 9.88 Å². The van der Waals surface area contributed by atoms with Gasteiger partial charge in [-0.15, -0.1) is 0 Å². The number of likely N-dealkylation sites (tertiary alicyclic amines) is 1. The van der Waals surface area contributed by atoms with Gasteiger partial charge >= 0.3 is 12.0 Å². The number of amides is 2. The van der Waals surface area contributed by atoms with Crippen molar-refractivity contribution in [2.24, 2.45) is 11.8 Å². The number of carboxylic acids is 1. The summed E-state index contributed by atoms with van der Waals surface area (Å²) in [5, 5.41) is 21.3.